The molecule has 1 saturated carbocycles. The van der Waals surface area contributed by atoms with Crippen molar-refractivity contribution in [3.05, 3.63) is 48.0 Å². The molecule has 1 N–H and O–H groups in total. The summed E-state index contributed by atoms with van der Waals surface area (Å²) in [5.41, 5.74) is 1.72. The van der Waals surface area contributed by atoms with Gasteiger partial charge in [-0.3, -0.25) is 9.59 Å². The summed E-state index contributed by atoms with van der Waals surface area (Å²) in [6.45, 7) is 2.21. The molecule has 2 aromatic carbocycles. The molecule has 6 nitrogen and oxygen atoms in total. The average Bonchev–Trinajstić information content (AvgIpc) is 3.23. The number of ether oxygens (including phenoxy) is 2. The number of hydrogen-bond donors (Lipinski definition) is 1. The standard InChI is InChI=1S/C21H20N2O4/c1-13-10-14-4-2-3-5-16(14)23(13)20(25)21(8-9-21)19(24)22-15-6-7-17-18(11-15)27-12-26-17/h2-7,11,13H,8-10,12H2,1H3,(H,22,24). The van der Waals surface area contributed by atoms with Crippen molar-refractivity contribution in [3.63, 3.8) is 0 Å². The number of nitrogens with one attached hydrogen (secondary N) is 1. The first-order valence-corrected chi connectivity index (χ1v) is 9.21. The van der Waals surface area contributed by atoms with Gasteiger partial charge >= 0.3 is 0 Å². The van der Waals surface area contributed by atoms with Gasteiger partial charge in [0.25, 0.3) is 0 Å². The first-order valence-electron chi connectivity index (χ1n) is 9.21. The van der Waals surface area contributed by atoms with Crippen molar-refractivity contribution >= 4 is 23.2 Å². The highest BCUT2D eigenvalue weighted by atomic mass is 16.7. The fourth-order valence-electron chi connectivity index (χ4n) is 3.99. The molecule has 1 unspecified atom stereocenters. The van der Waals surface area contributed by atoms with Gasteiger partial charge in [-0.1, -0.05) is 18.2 Å². The highest BCUT2D eigenvalue weighted by Gasteiger charge is 2.59. The Labute approximate surface area is 157 Å². The minimum atomic E-state index is -0.970. The van der Waals surface area contributed by atoms with E-state index in [1.807, 2.05) is 36.1 Å². The van der Waals surface area contributed by atoms with E-state index in [1.165, 1.54) is 0 Å². The van der Waals surface area contributed by atoms with E-state index in [4.69, 9.17) is 9.47 Å². The number of carbonyl (C=O) groups is 2. The van der Waals surface area contributed by atoms with Gasteiger partial charge in [-0.2, -0.15) is 0 Å². The second-order valence-corrected chi connectivity index (χ2v) is 7.46. The highest BCUT2D eigenvalue weighted by molar-refractivity contribution is 6.18. The lowest BCUT2D eigenvalue weighted by Gasteiger charge is -2.27. The molecular weight excluding hydrogens is 344 g/mol. The Hall–Kier alpha value is -3.02. The van der Waals surface area contributed by atoms with Crippen molar-refractivity contribution in [2.75, 3.05) is 17.0 Å². The van der Waals surface area contributed by atoms with Crippen LogP contribution in [0.4, 0.5) is 11.4 Å². The Kier molecular flexibility index (Phi) is 3.44. The van der Waals surface area contributed by atoms with Gasteiger partial charge in [0.05, 0.1) is 0 Å². The summed E-state index contributed by atoms with van der Waals surface area (Å²) in [5.74, 6) is 0.917. The van der Waals surface area contributed by atoms with Gasteiger partial charge in [0.1, 0.15) is 5.41 Å². The Morgan fingerprint density at radius 1 is 1.11 bits per heavy atom. The summed E-state index contributed by atoms with van der Waals surface area (Å²) in [7, 11) is 0. The summed E-state index contributed by atoms with van der Waals surface area (Å²) in [6, 6.07) is 13.2. The summed E-state index contributed by atoms with van der Waals surface area (Å²) >= 11 is 0. The van der Waals surface area contributed by atoms with Crippen LogP contribution < -0.4 is 19.7 Å². The number of rotatable bonds is 3. The second kappa shape index (κ2) is 5.74. The van der Waals surface area contributed by atoms with E-state index >= 15 is 0 Å². The molecule has 1 fully saturated rings. The minimum Gasteiger partial charge on any atom is -0.454 e. The van der Waals surface area contributed by atoms with Crippen LogP contribution in [0.15, 0.2) is 42.5 Å². The van der Waals surface area contributed by atoms with E-state index in [-0.39, 0.29) is 24.6 Å². The Balaban J connectivity index is 1.38. The van der Waals surface area contributed by atoms with Crippen LogP contribution in [-0.2, 0) is 16.0 Å². The zero-order chi connectivity index (χ0) is 18.6. The molecule has 0 saturated heterocycles. The van der Waals surface area contributed by atoms with E-state index in [0.717, 1.165) is 17.7 Å². The molecule has 3 aliphatic rings. The lowest BCUT2D eigenvalue weighted by molar-refractivity contribution is -0.132. The van der Waals surface area contributed by atoms with Crippen molar-refractivity contribution in [2.45, 2.75) is 32.2 Å². The maximum Gasteiger partial charge on any atom is 0.242 e. The van der Waals surface area contributed by atoms with E-state index in [0.29, 0.717) is 30.0 Å². The van der Waals surface area contributed by atoms with Gasteiger partial charge in [-0.25, -0.2) is 0 Å². The number of hydrogen-bond acceptors (Lipinski definition) is 4. The number of carbonyl (C=O) groups excluding carboxylic acids is 2. The molecule has 6 heteroatoms. The zero-order valence-corrected chi connectivity index (χ0v) is 15.0. The normalized spacial score (nSPS) is 20.9. The molecule has 5 rings (SSSR count). The lowest BCUT2D eigenvalue weighted by Crippen LogP contribution is -2.45. The third-order valence-electron chi connectivity index (χ3n) is 5.65. The number of nitrogens with zero attached hydrogens (tertiary/aromatic N) is 1. The predicted molar refractivity (Wildman–Crippen MR) is 100.0 cm³/mol. The first-order chi connectivity index (χ1) is 13.1. The molecule has 27 heavy (non-hydrogen) atoms. The van der Waals surface area contributed by atoms with Crippen LogP contribution in [0, 0.1) is 5.41 Å². The lowest BCUT2D eigenvalue weighted by atomic mass is 10.0. The smallest absolute Gasteiger partial charge is 0.242 e. The van der Waals surface area contributed by atoms with E-state index < -0.39 is 5.41 Å². The Morgan fingerprint density at radius 3 is 2.70 bits per heavy atom. The zero-order valence-electron chi connectivity index (χ0n) is 15.0. The summed E-state index contributed by atoms with van der Waals surface area (Å²) in [6.07, 6.45) is 1.98. The Morgan fingerprint density at radius 2 is 1.89 bits per heavy atom. The van der Waals surface area contributed by atoms with Gasteiger partial charge < -0.3 is 19.7 Å². The largest absolute Gasteiger partial charge is 0.454 e. The molecule has 0 spiro atoms. The third kappa shape index (κ3) is 2.47. The van der Waals surface area contributed by atoms with Crippen molar-refractivity contribution in [1.82, 2.24) is 0 Å². The number of benzene rings is 2. The summed E-state index contributed by atoms with van der Waals surface area (Å²) in [4.78, 5) is 28.1. The van der Waals surface area contributed by atoms with Gasteiger partial charge in [-0.15, -0.1) is 0 Å². The Bertz CT molecular complexity index is 951. The summed E-state index contributed by atoms with van der Waals surface area (Å²) < 4.78 is 10.6. The number of anilines is 2. The molecule has 2 aromatic rings. The third-order valence-corrected chi connectivity index (χ3v) is 5.65. The maximum absolute atomic E-state index is 13.3. The van der Waals surface area contributed by atoms with Gasteiger partial charge in [0.15, 0.2) is 11.5 Å². The van der Waals surface area contributed by atoms with Crippen molar-refractivity contribution < 1.29 is 19.1 Å². The van der Waals surface area contributed by atoms with Gasteiger partial charge in [0, 0.05) is 23.5 Å². The van der Waals surface area contributed by atoms with Crippen LogP contribution in [0.3, 0.4) is 0 Å². The minimum absolute atomic E-state index is 0.0609. The maximum atomic E-state index is 13.3. The molecule has 2 aliphatic heterocycles. The molecule has 1 aliphatic carbocycles. The fourth-order valence-corrected chi connectivity index (χ4v) is 3.99. The molecule has 0 bridgehead atoms. The van der Waals surface area contributed by atoms with Crippen molar-refractivity contribution in [2.24, 2.45) is 5.41 Å². The van der Waals surface area contributed by atoms with Crippen LogP contribution in [0.5, 0.6) is 11.5 Å². The second-order valence-electron chi connectivity index (χ2n) is 7.46. The number of para-hydroxylation sites is 1. The average molecular weight is 364 g/mol. The van der Waals surface area contributed by atoms with Crippen LogP contribution in [-0.4, -0.2) is 24.6 Å². The fraction of sp³-hybridized carbons (Fsp3) is 0.333. The number of fused-ring (bicyclic) bond motifs is 2. The first kappa shape index (κ1) is 16.2. The topological polar surface area (TPSA) is 67.9 Å². The predicted octanol–water partition coefficient (Wildman–Crippen LogP) is 3.11. The van der Waals surface area contributed by atoms with Crippen LogP contribution >= 0.6 is 0 Å². The van der Waals surface area contributed by atoms with Crippen LogP contribution in [0.25, 0.3) is 0 Å². The monoisotopic (exact) mass is 364 g/mol. The molecule has 138 valence electrons. The molecule has 0 aromatic heterocycles. The molecular formula is C21H20N2O4. The van der Waals surface area contributed by atoms with Crippen molar-refractivity contribution in [1.29, 1.82) is 0 Å². The highest BCUT2D eigenvalue weighted by Crippen LogP contribution is 2.50. The van der Waals surface area contributed by atoms with Gasteiger partial charge in [-0.05, 0) is 49.9 Å². The van der Waals surface area contributed by atoms with Gasteiger partial charge in [0.2, 0.25) is 18.6 Å². The van der Waals surface area contributed by atoms with Crippen LogP contribution in [0.2, 0.25) is 0 Å². The number of amides is 2. The molecule has 0 radical (unpaired) electrons. The molecule has 2 heterocycles. The molecule has 2 amide bonds. The van der Waals surface area contributed by atoms with E-state index in [9.17, 15) is 9.59 Å². The summed E-state index contributed by atoms with van der Waals surface area (Å²) in [5, 5.41) is 2.90. The van der Waals surface area contributed by atoms with Crippen molar-refractivity contribution in [3.8, 4) is 11.5 Å². The van der Waals surface area contributed by atoms with Crippen LogP contribution in [0.1, 0.15) is 25.3 Å². The van der Waals surface area contributed by atoms with E-state index in [1.54, 1.807) is 18.2 Å². The quantitative estimate of drug-likeness (QED) is 0.850. The van der Waals surface area contributed by atoms with E-state index in [2.05, 4.69) is 5.32 Å². The molecule has 1 atom stereocenters. The SMILES string of the molecule is CC1Cc2ccccc2N1C(=O)C1(C(=O)Nc2ccc3c(c2)OCO3)CC1.